The van der Waals surface area contributed by atoms with Gasteiger partial charge in [0, 0.05) is 18.8 Å². The number of carbonyl (C=O) groups excluding carboxylic acids is 2. The van der Waals surface area contributed by atoms with Crippen LogP contribution in [-0.4, -0.2) is 48.6 Å². The van der Waals surface area contributed by atoms with Crippen LogP contribution in [0.15, 0.2) is 41.8 Å². The molecule has 7 heteroatoms. The number of benzene rings is 1. The smallest absolute Gasteiger partial charge is 0.263 e. The lowest BCUT2D eigenvalue weighted by Crippen LogP contribution is -2.59. The van der Waals surface area contributed by atoms with Crippen molar-refractivity contribution < 1.29 is 18.7 Å². The molecule has 2 saturated heterocycles. The molecule has 2 aliphatic rings. The lowest BCUT2D eigenvalue weighted by Gasteiger charge is -2.46. The molecule has 2 amide bonds. The largest absolute Gasteiger partial charge is 0.363 e. The van der Waals surface area contributed by atoms with E-state index in [2.05, 4.69) is 0 Å². The fourth-order valence-electron chi connectivity index (χ4n) is 3.57. The maximum absolute atomic E-state index is 13.5. The molecule has 0 unspecified atom stereocenters. The second-order valence-corrected chi connectivity index (χ2v) is 7.65. The molecule has 5 nitrogen and oxygen atoms in total. The van der Waals surface area contributed by atoms with Crippen molar-refractivity contribution in [3.8, 4) is 0 Å². The van der Waals surface area contributed by atoms with Crippen LogP contribution in [0.3, 0.4) is 0 Å². The standard InChI is InChI=1S/C19H19FN2O3S/c20-14-3-1-4-15(11-14)22-13-19(25-12-17(22)23)6-8-21(9-7-19)18(24)16-5-2-10-26-16/h1-5,10-11H,6-9,12-13H2. The lowest BCUT2D eigenvalue weighted by molar-refractivity contribution is -0.143. The van der Waals surface area contributed by atoms with Gasteiger partial charge in [-0.15, -0.1) is 11.3 Å². The molecule has 2 aliphatic heterocycles. The molecule has 0 bridgehead atoms. The van der Waals surface area contributed by atoms with Gasteiger partial charge in [0.05, 0.1) is 17.0 Å². The number of anilines is 1. The number of ether oxygens (including phenoxy) is 1. The Hall–Kier alpha value is -2.25. The fraction of sp³-hybridized carbons (Fsp3) is 0.368. The summed E-state index contributed by atoms with van der Waals surface area (Å²) in [6.45, 7) is 1.54. The number of halogens is 1. The Kier molecular flexibility index (Phi) is 4.50. The number of thiophene rings is 1. The molecule has 2 aromatic rings. The van der Waals surface area contributed by atoms with Gasteiger partial charge in [0.15, 0.2) is 0 Å². The van der Waals surface area contributed by atoms with E-state index < -0.39 is 5.60 Å². The van der Waals surface area contributed by atoms with Gasteiger partial charge in [0.25, 0.3) is 11.8 Å². The van der Waals surface area contributed by atoms with Gasteiger partial charge in [-0.2, -0.15) is 0 Å². The molecule has 26 heavy (non-hydrogen) atoms. The zero-order valence-corrected chi connectivity index (χ0v) is 15.0. The summed E-state index contributed by atoms with van der Waals surface area (Å²) in [7, 11) is 0. The third-order valence-corrected chi connectivity index (χ3v) is 5.92. The van der Waals surface area contributed by atoms with Crippen LogP contribution in [0.1, 0.15) is 22.5 Å². The van der Waals surface area contributed by atoms with Gasteiger partial charge in [0.1, 0.15) is 12.4 Å². The van der Waals surface area contributed by atoms with E-state index in [-0.39, 0.29) is 24.2 Å². The molecule has 0 aliphatic carbocycles. The molecular weight excluding hydrogens is 355 g/mol. The van der Waals surface area contributed by atoms with Crippen molar-refractivity contribution in [3.63, 3.8) is 0 Å². The minimum absolute atomic E-state index is 0.0185. The van der Waals surface area contributed by atoms with Gasteiger partial charge in [0.2, 0.25) is 0 Å². The van der Waals surface area contributed by atoms with Crippen molar-refractivity contribution in [1.29, 1.82) is 0 Å². The third-order valence-electron chi connectivity index (χ3n) is 5.06. The minimum Gasteiger partial charge on any atom is -0.363 e. The van der Waals surface area contributed by atoms with Gasteiger partial charge in [-0.25, -0.2) is 4.39 Å². The molecule has 1 aromatic carbocycles. The lowest BCUT2D eigenvalue weighted by atomic mass is 9.89. The molecule has 0 N–H and O–H groups in total. The van der Waals surface area contributed by atoms with Crippen LogP contribution in [-0.2, 0) is 9.53 Å². The normalized spacial score (nSPS) is 19.8. The maximum Gasteiger partial charge on any atom is 0.263 e. The van der Waals surface area contributed by atoms with Crippen molar-refractivity contribution in [2.24, 2.45) is 0 Å². The predicted molar refractivity (Wildman–Crippen MR) is 96.9 cm³/mol. The van der Waals surface area contributed by atoms with Crippen LogP contribution in [0.5, 0.6) is 0 Å². The van der Waals surface area contributed by atoms with E-state index in [1.165, 1.54) is 23.5 Å². The van der Waals surface area contributed by atoms with E-state index in [1.54, 1.807) is 17.0 Å². The van der Waals surface area contributed by atoms with Crippen LogP contribution in [0.4, 0.5) is 10.1 Å². The average molecular weight is 374 g/mol. The first-order valence-corrected chi connectivity index (χ1v) is 9.47. The molecule has 2 fully saturated rings. The second-order valence-electron chi connectivity index (χ2n) is 6.70. The number of morpholine rings is 1. The minimum atomic E-state index is -0.480. The Morgan fingerprint density at radius 2 is 2.00 bits per heavy atom. The Bertz CT molecular complexity index is 816. The molecule has 0 saturated carbocycles. The summed E-state index contributed by atoms with van der Waals surface area (Å²) in [5, 5.41) is 1.89. The summed E-state index contributed by atoms with van der Waals surface area (Å²) in [5.41, 5.74) is 0.0710. The van der Waals surface area contributed by atoms with Crippen molar-refractivity contribution in [2.45, 2.75) is 18.4 Å². The number of rotatable bonds is 2. The van der Waals surface area contributed by atoms with Crippen LogP contribution in [0, 0.1) is 5.82 Å². The highest BCUT2D eigenvalue weighted by Crippen LogP contribution is 2.33. The first-order valence-electron chi connectivity index (χ1n) is 8.59. The summed E-state index contributed by atoms with van der Waals surface area (Å²) < 4.78 is 19.4. The van der Waals surface area contributed by atoms with E-state index in [9.17, 15) is 14.0 Å². The number of carbonyl (C=O) groups is 2. The Labute approximate surface area is 155 Å². The number of amides is 2. The SMILES string of the molecule is O=C(c1cccs1)N1CCC2(CC1)CN(c1cccc(F)c1)C(=O)CO2. The number of likely N-dealkylation sites (tertiary alicyclic amines) is 1. The average Bonchev–Trinajstić information content (AvgIpc) is 3.19. The van der Waals surface area contributed by atoms with E-state index in [1.807, 2.05) is 22.4 Å². The molecule has 1 spiro atoms. The third kappa shape index (κ3) is 3.24. The summed E-state index contributed by atoms with van der Waals surface area (Å²) in [5.74, 6) is -0.491. The molecule has 136 valence electrons. The molecule has 3 heterocycles. The van der Waals surface area contributed by atoms with Gasteiger partial charge in [-0.3, -0.25) is 9.59 Å². The van der Waals surface area contributed by atoms with Crippen LogP contribution in [0.2, 0.25) is 0 Å². The van der Waals surface area contributed by atoms with Crippen LogP contribution in [0.25, 0.3) is 0 Å². The van der Waals surface area contributed by atoms with Crippen molar-refractivity contribution in [2.75, 3.05) is 31.1 Å². The highest BCUT2D eigenvalue weighted by molar-refractivity contribution is 7.12. The Morgan fingerprint density at radius 3 is 2.69 bits per heavy atom. The number of piperidine rings is 1. The van der Waals surface area contributed by atoms with E-state index in [0.29, 0.717) is 38.2 Å². The summed E-state index contributed by atoms with van der Waals surface area (Å²) in [6.07, 6.45) is 1.31. The van der Waals surface area contributed by atoms with Crippen molar-refractivity contribution >= 4 is 28.8 Å². The van der Waals surface area contributed by atoms with Gasteiger partial charge >= 0.3 is 0 Å². The summed E-state index contributed by atoms with van der Waals surface area (Å²) in [6, 6.07) is 9.76. The topological polar surface area (TPSA) is 49.9 Å². The summed E-state index contributed by atoms with van der Waals surface area (Å²) >= 11 is 1.44. The van der Waals surface area contributed by atoms with Crippen molar-refractivity contribution in [3.05, 3.63) is 52.5 Å². The zero-order valence-electron chi connectivity index (χ0n) is 14.2. The first-order chi connectivity index (χ1) is 12.6. The highest BCUT2D eigenvalue weighted by Gasteiger charge is 2.43. The van der Waals surface area contributed by atoms with Gasteiger partial charge in [-0.1, -0.05) is 12.1 Å². The zero-order chi connectivity index (χ0) is 18.1. The molecular formula is C19H19FN2O3S. The van der Waals surface area contributed by atoms with E-state index in [0.717, 1.165) is 4.88 Å². The summed E-state index contributed by atoms with van der Waals surface area (Å²) in [4.78, 5) is 28.9. The number of hydrogen-bond acceptors (Lipinski definition) is 4. The fourth-order valence-corrected chi connectivity index (χ4v) is 4.26. The van der Waals surface area contributed by atoms with Gasteiger partial charge in [-0.05, 0) is 42.5 Å². The number of nitrogens with zero attached hydrogens (tertiary/aromatic N) is 2. The Morgan fingerprint density at radius 1 is 1.19 bits per heavy atom. The highest BCUT2D eigenvalue weighted by atomic mass is 32.1. The molecule has 1 aromatic heterocycles. The predicted octanol–water partition coefficient (Wildman–Crippen LogP) is 2.93. The number of hydrogen-bond donors (Lipinski definition) is 0. The molecule has 0 atom stereocenters. The maximum atomic E-state index is 13.5. The van der Waals surface area contributed by atoms with E-state index in [4.69, 9.17) is 4.74 Å². The quantitative estimate of drug-likeness (QED) is 0.812. The first kappa shape index (κ1) is 17.2. The molecule has 0 radical (unpaired) electrons. The molecule has 4 rings (SSSR count). The second kappa shape index (κ2) is 6.81. The van der Waals surface area contributed by atoms with E-state index >= 15 is 0 Å². The van der Waals surface area contributed by atoms with Crippen molar-refractivity contribution in [1.82, 2.24) is 4.90 Å². The van der Waals surface area contributed by atoms with Crippen LogP contribution >= 0.6 is 11.3 Å². The monoisotopic (exact) mass is 374 g/mol. The van der Waals surface area contributed by atoms with Crippen LogP contribution < -0.4 is 4.90 Å². The van der Waals surface area contributed by atoms with Gasteiger partial charge < -0.3 is 14.5 Å². The Balaban J connectivity index is 1.46.